The summed E-state index contributed by atoms with van der Waals surface area (Å²) in [5.41, 5.74) is -0.0371. The molecule has 1 aliphatic heterocycles. The van der Waals surface area contributed by atoms with Gasteiger partial charge in [-0.3, -0.25) is 4.79 Å². The number of sulfone groups is 1. The molecule has 1 amide bonds. The van der Waals surface area contributed by atoms with Gasteiger partial charge in [-0.1, -0.05) is 28.1 Å². The van der Waals surface area contributed by atoms with Crippen LogP contribution in [0, 0.1) is 5.92 Å². The lowest BCUT2D eigenvalue weighted by Gasteiger charge is -2.34. The second-order valence-corrected chi connectivity index (χ2v) is 9.09. The van der Waals surface area contributed by atoms with Crippen LogP contribution < -0.4 is 0 Å². The van der Waals surface area contributed by atoms with Gasteiger partial charge in [-0.15, -0.1) is 0 Å². The number of carbonyl (C=O) groups is 1. The van der Waals surface area contributed by atoms with Crippen LogP contribution in [-0.2, 0) is 14.6 Å². The van der Waals surface area contributed by atoms with Crippen molar-refractivity contribution in [3.63, 3.8) is 0 Å². The molecule has 2 rings (SSSR count). The number of alkyl halides is 3. The zero-order valence-corrected chi connectivity index (χ0v) is 15.3. The number of halogens is 4. The first-order valence-corrected chi connectivity index (χ1v) is 9.92. The van der Waals surface area contributed by atoms with E-state index in [9.17, 15) is 26.4 Å². The van der Waals surface area contributed by atoms with E-state index in [4.69, 9.17) is 0 Å². The van der Waals surface area contributed by atoms with Gasteiger partial charge in [0.2, 0.25) is 5.91 Å². The van der Waals surface area contributed by atoms with Crippen LogP contribution >= 0.6 is 15.9 Å². The molecular formula is C15H17BrF3NO3S. The van der Waals surface area contributed by atoms with Crippen LogP contribution in [0.2, 0.25) is 0 Å². The van der Waals surface area contributed by atoms with Gasteiger partial charge in [-0.2, -0.15) is 13.2 Å². The smallest absolute Gasteiger partial charge is 0.330 e. The molecule has 0 spiro atoms. The Morgan fingerprint density at radius 3 is 2.17 bits per heavy atom. The third-order valence-electron chi connectivity index (χ3n) is 4.13. The van der Waals surface area contributed by atoms with Crippen LogP contribution in [0.1, 0.15) is 24.4 Å². The SMILES string of the molecule is CN(C(=O)C1CCS(=O)(=O)CC1)[C@H](c1ccc(Br)cc1)C(F)(F)F. The van der Waals surface area contributed by atoms with Crippen LogP contribution in [0.3, 0.4) is 0 Å². The molecule has 1 aliphatic rings. The number of hydrogen-bond acceptors (Lipinski definition) is 3. The van der Waals surface area contributed by atoms with Gasteiger partial charge in [0.15, 0.2) is 6.04 Å². The summed E-state index contributed by atoms with van der Waals surface area (Å²) in [7, 11) is -2.06. The molecular weight excluding hydrogens is 411 g/mol. The summed E-state index contributed by atoms with van der Waals surface area (Å²) >= 11 is 3.17. The summed E-state index contributed by atoms with van der Waals surface area (Å²) in [6, 6.07) is 3.55. The summed E-state index contributed by atoms with van der Waals surface area (Å²) < 4.78 is 64.0. The molecule has 9 heteroatoms. The van der Waals surface area contributed by atoms with E-state index in [2.05, 4.69) is 15.9 Å². The highest BCUT2D eigenvalue weighted by molar-refractivity contribution is 9.10. The Morgan fingerprint density at radius 2 is 1.71 bits per heavy atom. The van der Waals surface area contributed by atoms with Crippen LogP contribution in [-0.4, -0.2) is 44.0 Å². The Balaban J connectivity index is 2.23. The third kappa shape index (κ3) is 4.50. The van der Waals surface area contributed by atoms with E-state index in [-0.39, 0.29) is 29.9 Å². The number of rotatable bonds is 3. The molecule has 24 heavy (non-hydrogen) atoms. The minimum absolute atomic E-state index is 0.0371. The Hall–Kier alpha value is -1.09. The maximum atomic E-state index is 13.5. The molecule has 1 aromatic rings. The van der Waals surface area contributed by atoms with Gasteiger partial charge in [0.25, 0.3) is 0 Å². The van der Waals surface area contributed by atoms with Crippen molar-refractivity contribution in [3.8, 4) is 0 Å². The number of nitrogens with zero attached hydrogens (tertiary/aromatic N) is 1. The van der Waals surface area contributed by atoms with E-state index in [1.54, 1.807) is 0 Å². The molecule has 0 unspecified atom stereocenters. The maximum Gasteiger partial charge on any atom is 0.413 e. The monoisotopic (exact) mass is 427 g/mol. The zero-order chi connectivity index (χ0) is 18.1. The van der Waals surface area contributed by atoms with E-state index in [0.29, 0.717) is 9.37 Å². The van der Waals surface area contributed by atoms with Crippen molar-refractivity contribution < 1.29 is 26.4 Å². The summed E-state index contributed by atoms with van der Waals surface area (Å²) in [6.45, 7) is 0. The van der Waals surface area contributed by atoms with Crippen molar-refractivity contribution in [2.45, 2.75) is 25.1 Å². The molecule has 0 saturated carbocycles. The molecule has 0 bridgehead atoms. The fourth-order valence-corrected chi connectivity index (χ4v) is 4.59. The Bertz CT molecular complexity index is 690. The van der Waals surface area contributed by atoms with Crippen molar-refractivity contribution in [3.05, 3.63) is 34.3 Å². The Morgan fingerprint density at radius 1 is 1.21 bits per heavy atom. The fourth-order valence-electron chi connectivity index (χ4n) is 2.83. The van der Waals surface area contributed by atoms with Crippen molar-refractivity contribution in [2.24, 2.45) is 5.92 Å². The van der Waals surface area contributed by atoms with Gasteiger partial charge in [-0.25, -0.2) is 8.42 Å². The first-order chi connectivity index (χ1) is 11.0. The van der Waals surface area contributed by atoms with Crippen molar-refractivity contribution in [1.82, 2.24) is 4.90 Å². The molecule has 1 heterocycles. The lowest BCUT2D eigenvalue weighted by molar-refractivity contribution is -0.190. The van der Waals surface area contributed by atoms with Crippen LogP contribution in [0.5, 0.6) is 0 Å². The van der Waals surface area contributed by atoms with E-state index in [0.717, 1.165) is 7.05 Å². The summed E-state index contributed by atoms with van der Waals surface area (Å²) in [6.07, 6.45) is -4.49. The molecule has 1 aromatic carbocycles. The van der Waals surface area contributed by atoms with Gasteiger partial charge in [0.05, 0.1) is 11.5 Å². The highest BCUT2D eigenvalue weighted by Gasteiger charge is 2.46. The Kier molecular flexibility index (Phi) is 5.64. The molecule has 1 atom stereocenters. The van der Waals surface area contributed by atoms with Crippen LogP contribution in [0.4, 0.5) is 13.2 Å². The average Bonchev–Trinajstić information content (AvgIpc) is 2.47. The zero-order valence-electron chi connectivity index (χ0n) is 12.9. The van der Waals surface area contributed by atoms with E-state index >= 15 is 0 Å². The van der Waals surface area contributed by atoms with Crippen molar-refractivity contribution >= 4 is 31.7 Å². The molecule has 1 fully saturated rings. The lowest BCUT2D eigenvalue weighted by Crippen LogP contribution is -2.44. The van der Waals surface area contributed by atoms with E-state index in [1.165, 1.54) is 24.3 Å². The largest absolute Gasteiger partial charge is 0.413 e. The number of benzene rings is 1. The van der Waals surface area contributed by atoms with Crippen LogP contribution in [0.25, 0.3) is 0 Å². The number of carbonyl (C=O) groups excluding carboxylic acids is 1. The van der Waals surface area contributed by atoms with E-state index < -0.39 is 33.9 Å². The summed E-state index contributed by atoms with van der Waals surface area (Å²) in [4.78, 5) is 13.1. The molecule has 1 saturated heterocycles. The highest BCUT2D eigenvalue weighted by Crippen LogP contribution is 2.38. The summed E-state index contributed by atoms with van der Waals surface area (Å²) in [5.74, 6) is -1.69. The molecule has 0 aromatic heterocycles. The first-order valence-electron chi connectivity index (χ1n) is 7.30. The Labute approximate surface area is 147 Å². The fraction of sp³-hybridized carbons (Fsp3) is 0.533. The predicted octanol–water partition coefficient (Wildman–Crippen LogP) is 3.34. The molecule has 4 nitrogen and oxygen atoms in total. The minimum atomic E-state index is -4.63. The molecule has 134 valence electrons. The number of amides is 1. The van der Waals surface area contributed by atoms with Gasteiger partial charge >= 0.3 is 6.18 Å². The molecule has 0 aliphatic carbocycles. The standard InChI is InChI=1S/C15H17BrF3NO3S/c1-20(14(21)11-6-8-24(22,23)9-7-11)13(15(17,18)19)10-2-4-12(16)5-3-10/h2-5,11,13H,6-9H2,1H3/t13-/m1/s1. The second kappa shape index (κ2) is 7.03. The maximum absolute atomic E-state index is 13.5. The minimum Gasteiger partial charge on any atom is -0.330 e. The topological polar surface area (TPSA) is 54.5 Å². The lowest BCUT2D eigenvalue weighted by atomic mass is 9.98. The van der Waals surface area contributed by atoms with Gasteiger partial charge in [-0.05, 0) is 30.5 Å². The molecule has 0 radical (unpaired) electrons. The average molecular weight is 428 g/mol. The van der Waals surface area contributed by atoms with Crippen LogP contribution in [0.15, 0.2) is 28.7 Å². The molecule has 0 N–H and O–H groups in total. The van der Waals surface area contributed by atoms with Gasteiger partial charge in [0, 0.05) is 17.4 Å². The van der Waals surface area contributed by atoms with Gasteiger partial charge < -0.3 is 4.90 Å². The quantitative estimate of drug-likeness (QED) is 0.743. The van der Waals surface area contributed by atoms with Crippen molar-refractivity contribution in [2.75, 3.05) is 18.6 Å². The third-order valence-corrected chi connectivity index (χ3v) is 6.38. The second-order valence-electron chi connectivity index (χ2n) is 5.87. The summed E-state index contributed by atoms with van der Waals surface area (Å²) in [5, 5.41) is 0. The normalized spacial score (nSPS) is 19.7. The van der Waals surface area contributed by atoms with Gasteiger partial charge in [0.1, 0.15) is 9.84 Å². The number of hydrogen-bond donors (Lipinski definition) is 0. The highest BCUT2D eigenvalue weighted by atomic mass is 79.9. The predicted molar refractivity (Wildman–Crippen MR) is 87.1 cm³/mol. The first kappa shape index (κ1) is 19.2. The van der Waals surface area contributed by atoms with Crippen molar-refractivity contribution in [1.29, 1.82) is 0 Å². The van der Waals surface area contributed by atoms with E-state index in [1.807, 2.05) is 0 Å².